The monoisotopic (exact) mass is 321 g/mol. The van der Waals surface area contributed by atoms with Gasteiger partial charge in [-0.2, -0.15) is 0 Å². The van der Waals surface area contributed by atoms with Crippen molar-refractivity contribution in [3.63, 3.8) is 0 Å². The average Bonchev–Trinajstić information content (AvgIpc) is 2.29. The van der Waals surface area contributed by atoms with Gasteiger partial charge in [0.2, 0.25) is 5.91 Å². The van der Waals surface area contributed by atoms with E-state index in [1.54, 1.807) is 19.1 Å². The highest BCUT2D eigenvalue weighted by molar-refractivity contribution is 9.10. The highest BCUT2D eigenvalue weighted by Crippen LogP contribution is 2.35. The van der Waals surface area contributed by atoms with Gasteiger partial charge in [0.05, 0.1) is 29.8 Å². The Balaban J connectivity index is 3.06. The number of hydrogen-bond acceptors (Lipinski definition) is 3. The number of rotatable bonds is 4. The molecule has 6 heteroatoms. The molecule has 1 atom stereocenters. The molecule has 94 valence electrons. The number of benzene rings is 1. The van der Waals surface area contributed by atoms with E-state index in [9.17, 15) is 4.79 Å². The molecule has 4 nitrogen and oxygen atoms in total. The zero-order valence-corrected chi connectivity index (χ0v) is 12.1. The van der Waals surface area contributed by atoms with Crippen molar-refractivity contribution >= 4 is 39.1 Å². The van der Waals surface area contributed by atoms with Gasteiger partial charge in [0.1, 0.15) is 11.5 Å². The molecule has 17 heavy (non-hydrogen) atoms. The van der Waals surface area contributed by atoms with Crippen molar-refractivity contribution in [2.24, 2.45) is 0 Å². The van der Waals surface area contributed by atoms with Crippen molar-refractivity contribution in [3.8, 4) is 11.5 Å². The van der Waals surface area contributed by atoms with Crippen LogP contribution in [0.4, 0.5) is 5.69 Å². The molecule has 1 aromatic carbocycles. The molecule has 0 saturated carbocycles. The molecular weight excluding hydrogens is 309 g/mol. The number of halogens is 2. The van der Waals surface area contributed by atoms with E-state index in [1.165, 1.54) is 14.2 Å². The standard InChI is InChI=1S/C11H13BrClNO3/c1-6(12)11(15)14-8-4-7(13)9(16-2)5-10(8)17-3/h4-6H,1-3H3,(H,14,15). The molecule has 1 N–H and O–H groups in total. The molecule has 1 unspecified atom stereocenters. The van der Waals surface area contributed by atoms with Crippen LogP contribution < -0.4 is 14.8 Å². The molecule has 0 radical (unpaired) electrons. The lowest BCUT2D eigenvalue weighted by atomic mass is 10.2. The molecule has 1 amide bonds. The van der Waals surface area contributed by atoms with Crippen molar-refractivity contribution in [2.75, 3.05) is 19.5 Å². The number of carbonyl (C=O) groups excluding carboxylic acids is 1. The summed E-state index contributed by atoms with van der Waals surface area (Å²) in [6.45, 7) is 1.73. The van der Waals surface area contributed by atoms with Gasteiger partial charge >= 0.3 is 0 Å². The summed E-state index contributed by atoms with van der Waals surface area (Å²) >= 11 is 9.16. The van der Waals surface area contributed by atoms with Crippen molar-refractivity contribution in [3.05, 3.63) is 17.2 Å². The Kier molecular flexibility index (Phi) is 5.08. The van der Waals surface area contributed by atoms with Crippen LogP contribution in [0.15, 0.2) is 12.1 Å². The van der Waals surface area contributed by atoms with Crippen LogP contribution in [0.1, 0.15) is 6.92 Å². The second kappa shape index (κ2) is 6.12. The van der Waals surface area contributed by atoms with Crippen molar-refractivity contribution in [1.29, 1.82) is 0 Å². The number of ether oxygens (including phenoxy) is 2. The van der Waals surface area contributed by atoms with Crippen LogP contribution >= 0.6 is 27.5 Å². The van der Waals surface area contributed by atoms with Gasteiger partial charge < -0.3 is 14.8 Å². The molecule has 1 rings (SSSR count). The maximum atomic E-state index is 11.6. The van der Waals surface area contributed by atoms with Crippen LogP contribution in [0, 0.1) is 0 Å². The lowest BCUT2D eigenvalue weighted by Crippen LogP contribution is -2.20. The average molecular weight is 323 g/mol. The molecule has 0 saturated heterocycles. The Hall–Kier alpha value is -0.940. The summed E-state index contributed by atoms with van der Waals surface area (Å²) < 4.78 is 10.2. The van der Waals surface area contributed by atoms with Gasteiger partial charge in [-0.3, -0.25) is 4.79 Å². The van der Waals surface area contributed by atoms with Gasteiger partial charge in [-0.15, -0.1) is 0 Å². The summed E-state index contributed by atoms with van der Waals surface area (Å²) in [4.78, 5) is 11.3. The Bertz CT molecular complexity index is 423. The first-order valence-electron chi connectivity index (χ1n) is 4.86. The summed E-state index contributed by atoms with van der Waals surface area (Å²) in [5, 5.41) is 3.11. The summed E-state index contributed by atoms with van der Waals surface area (Å²) in [7, 11) is 3.02. The van der Waals surface area contributed by atoms with E-state index < -0.39 is 0 Å². The van der Waals surface area contributed by atoms with E-state index in [0.717, 1.165) is 0 Å². The lowest BCUT2D eigenvalue weighted by Gasteiger charge is -2.13. The summed E-state index contributed by atoms with van der Waals surface area (Å²) in [6.07, 6.45) is 0. The van der Waals surface area contributed by atoms with E-state index in [4.69, 9.17) is 21.1 Å². The van der Waals surface area contributed by atoms with Crippen LogP contribution in [-0.4, -0.2) is 25.0 Å². The fraction of sp³-hybridized carbons (Fsp3) is 0.364. The third-order valence-electron chi connectivity index (χ3n) is 2.09. The van der Waals surface area contributed by atoms with E-state index in [1.807, 2.05) is 0 Å². The lowest BCUT2D eigenvalue weighted by molar-refractivity contribution is -0.115. The maximum absolute atomic E-state index is 11.6. The Morgan fingerprint density at radius 2 is 1.94 bits per heavy atom. The van der Waals surface area contributed by atoms with Gasteiger partial charge in [0.25, 0.3) is 0 Å². The number of alkyl halides is 1. The Labute approximate surface area is 113 Å². The first kappa shape index (κ1) is 14.1. The fourth-order valence-corrected chi connectivity index (χ4v) is 1.55. The predicted molar refractivity (Wildman–Crippen MR) is 71.6 cm³/mol. The maximum Gasteiger partial charge on any atom is 0.237 e. The van der Waals surface area contributed by atoms with Gasteiger partial charge in [0.15, 0.2) is 0 Å². The van der Waals surface area contributed by atoms with E-state index >= 15 is 0 Å². The molecule has 0 aromatic heterocycles. The number of carbonyl (C=O) groups is 1. The second-order valence-electron chi connectivity index (χ2n) is 3.29. The topological polar surface area (TPSA) is 47.6 Å². The smallest absolute Gasteiger partial charge is 0.237 e. The molecule has 0 spiro atoms. The molecular formula is C11H13BrClNO3. The minimum absolute atomic E-state index is 0.176. The quantitative estimate of drug-likeness (QED) is 0.867. The van der Waals surface area contributed by atoms with E-state index in [-0.39, 0.29) is 10.7 Å². The summed E-state index contributed by atoms with van der Waals surface area (Å²) in [5.74, 6) is 0.811. The molecule has 0 bridgehead atoms. The summed E-state index contributed by atoms with van der Waals surface area (Å²) in [5.41, 5.74) is 0.509. The first-order chi connectivity index (χ1) is 7.99. The minimum Gasteiger partial charge on any atom is -0.495 e. The van der Waals surface area contributed by atoms with Crippen LogP contribution in [0.2, 0.25) is 5.02 Å². The van der Waals surface area contributed by atoms with Crippen LogP contribution in [-0.2, 0) is 4.79 Å². The minimum atomic E-state index is -0.298. The van der Waals surface area contributed by atoms with Gasteiger partial charge in [-0.05, 0) is 13.0 Å². The number of nitrogens with one attached hydrogen (secondary N) is 1. The van der Waals surface area contributed by atoms with Gasteiger partial charge in [-0.25, -0.2) is 0 Å². The van der Waals surface area contributed by atoms with Crippen LogP contribution in [0.3, 0.4) is 0 Å². The largest absolute Gasteiger partial charge is 0.495 e. The highest BCUT2D eigenvalue weighted by Gasteiger charge is 2.14. The molecule has 0 heterocycles. The van der Waals surface area contributed by atoms with Crippen molar-refractivity contribution in [1.82, 2.24) is 0 Å². The second-order valence-corrected chi connectivity index (χ2v) is 5.07. The zero-order valence-electron chi connectivity index (χ0n) is 9.71. The SMILES string of the molecule is COc1cc(OC)c(NC(=O)C(C)Br)cc1Cl. The van der Waals surface area contributed by atoms with Gasteiger partial charge in [-0.1, -0.05) is 27.5 Å². The Morgan fingerprint density at radius 1 is 1.35 bits per heavy atom. The molecule has 0 aliphatic rings. The molecule has 1 aromatic rings. The number of hydrogen-bond donors (Lipinski definition) is 1. The number of anilines is 1. The predicted octanol–water partition coefficient (Wildman–Crippen LogP) is 3.08. The Morgan fingerprint density at radius 3 is 2.41 bits per heavy atom. The third kappa shape index (κ3) is 3.51. The summed E-state index contributed by atoms with van der Waals surface area (Å²) in [6, 6.07) is 3.21. The fourth-order valence-electron chi connectivity index (χ4n) is 1.19. The van der Waals surface area contributed by atoms with Gasteiger partial charge in [0, 0.05) is 6.07 Å². The normalized spacial score (nSPS) is 11.8. The third-order valence-corrected chi connectivity index (χ3v) is 2.80. The molecule has 0 aliphatic heterocycles. The number of methoxy groups -OCH3 is 2. The first-order valence-corrected chi connectivity index (χ1v) is 6.15. The number of amides is 1. The highest BCUT2D eigenvalue weighted by atomic mass is 79.9. The van der Waals surface area contributed by atoms with Crippen molar-refractivity contribution < 1.29 is 14.3 Å². The van der Waals surface area contributed by atoms with E-state index in [2.05, 4.69) is 21.2 Å². The van der Waals surface area contributed by atoms with E-state index in [0.29, 0.717) is 22.2 Å². The van der Waals surface area contributed by atoms with Crippen LogP contribution in [0.5, 0.6) is 11.5 Å². The van der Waals surface area contributed by atoms with Crippen molar-refractivity contribution in [2.45, 2.75) is 11.8 Å². The van der Waals surface area contributed by atoms with Crippen LogP contribution in [0.25, 0.3) is 0 Å². The zero-order chi connectivity index (χ0) is 13.0. The molecule has 0 fully saturated rings. The molecule has 0 aliphatic carbocycles.